The normalized spacial score (nSPS) is 17.8. The van der Waals surface area contributed by atoms with Crippen LogP contribution in [0.4, 0.5) is 0 Å². The summed E-state index contributed by atoms with van der Waals surface area (Å²) in [4.78, 5) is 0. The summed E-state index contributed by atoms with van der Waals surface area (Å²) in [5.41, 5.74) is 2.78. The molecule has 1 fully saturated rings. The molecule has 0 radical (unpaired) electrons. The highest BCUT2D eigenvalue weighted by Gasteiger charge is 2.21. The van der Waals surface area contributed by atoms with Crippen LogP contribution in [0.5, 0.6) is 0 Å². The third kappa shape index (κ3) is 4.32. The van der Waals surface area contributed by atoms with Gasteiger partial charge in [-0.1, -0.05) is 37.6 Å². The van der Waals surface area contributed by atoms with Crippen molar-refractivity contribution in [1.29, 1.82) is 0 Å². The molecule has 2 rings (SSSR count). The predicted molar refractivity (Wildman–Crippen MR) is 85.2 cm³/mol. The van der Waals surface area contributed by atoms with E-state index < -0.39 is 0 Å². The number of benzene rings is 1. The topological polar surface area (TPSA) is 21.3 Å². The van der Waals surface area contributed by atoms with E-state index in [1.165, 1.54) is 30.4 Å². The molecule has 0 aliphatic heterocycles. The van der Waals surface area contributed by atoms with Gasteiger partial charge in [0.1, 0.15) is 0 Å². The lowest BCUT2D eigenvalue weighted by Crippen LogP contribution is -2.30. The summed E-state index contributed by atoms with van der Waals surface area (Å²) in [5.74, 6) is 0.792. The molecule has 0 heterocycles. The second-order valence-electron chi connectivity index (χ2n) is 6.83. The zero-order valence-corrected chi connectivity index (χ0v) is 13.4. The highest BCUT2D eigenvalue weighted by atomic mass is 16.5. The SMILES string of the molecule is CCNC(COC(C)(C)C)c1cccc(C2CCC2)c1. The van der Waals surface area contributed by atoms with Crippen LogP contribution in [-0.4, -0.2) is 18.8 Å². The van der Waals surface area contributed by atoms with Crippen molar-refractivity contribution in [2.75, 3.05) is 13.2 Å². The van der Waals surface area contributed by atoms with E-state index in [0.717, 1.165) is 19.1 Å². The van der Waals surface area contributed by atoms with Gasteiger partial charge in [0.15, 0.2) is 0 Å². The molecule has 1 saturated carbocycles. The van der Waals surface area contributed by atoms with Crippen molar-refractivity contribution >= 4 is 0 Å². The Morgan fingerprint density at radius 2 is 2.05 bits per heavy atom. The first-order chi connectivity index (χ1) is 9.49. The summed E-state index contributed by atoms with van der Waals surface area (Å²) >= 11 is 0. The van der Waals surface area contributed by atoms with Gasteiger partial charge in [0.05, 0.1) is 18.2 Å². The molecule has 112 valence electrons. The molecular weight excluding hydrogens is 246 g/mol. The molecule has 0 spiro atoms. The highest BCUT2D eigenvalue weighted by Crippen LogP contribution is 2.37. The number of hydrogen-bond donors (Lipinski definition) is 1. The van der Waals surface area contributed by atoms with Gasteiger partial charge < -0.3 is 10.1 Å². The molecule has 0 saturated heterocycles. The Hall–Kier alpha value is -0.860. The number of likely N-dealkylation sites (N-methyl/N-ethyl adjacent to an activating group) is 1. The van der Waals surface area contributed by atoms with Crippen molar-refractivity contribution in [3.63, 3.8) is 0 Å². The zero-order valence-electron chi connectivity index (χ0n) is 13.4. The Morgan fingerprint density at radius 3 is 2.60 bits per heavy atom. The molecule has 1 aromatic rings. The van der Waals surface area contributed by atoms with Crippen LogP contribution in [-0.2, 0) is 4.74 Å². The number of ether oxygens (including phenoxy) is 1. The second-order valence-corrected chi connectivity index (χ2v) is 6.83. The van der Waals surface area contributed by atoms with Gasteiger partial charge in [-0.25, -0.2) is 0 Å². The van der Waals surface area contributed by atoms with Gasteiger partial charge in [0, 0.05) is 0 Å². The van der Waals surface area contributed by atoms with Crippen LogP contribution in [0.15, 0.2) is 24.3 Å². The van der Waals surface area contributed by atoms with Crippen molar-refractivity contribution in [2.24, 2.45) is 0 Å². The quantitative estimate of drug-likeness (QED) is 0.830. The van der Waals surface area contributed by atoms with Gasteiger partial charge >= 0.3 is 0 Å². The van der Waals surface area contributed by atoms with E-state index in [1.807, 2.05) is 0 Å². The summed E-state index contributed by atoms with van der Waals surface area (Å²) < 4.78 is 5.98. The molecule has 1 aliphatic carbocycles. The monoisotopic (exact) mass is 275 g/mol. The fraction of sp³-hybridized carbons (Fsp3) is 0.667. The third-order valence-corrected chi connectivity index (χ3v) is 4.02. The van der Waals surface area contributed by atoms with E-state index in [1.54, 1.807) is 0 Å². The molecular formula is C18H29NO. The Labute approximate surface area is 123 Å². The van der Waals surface area contributed by atoms with Crippen LogP contribution in [0.25, 0.3) is 0 Å². The van der Waals surface area contributed by atoms with E-state index in [4.69, 9.17) is 4.74 Å². The fourth-order valence-electron chi connectivity index (χ4n) is 2.62. The van der Waals surface area contributed by atoms with Crippen molar-refractivity contribution in [3.05, 3.63) is 35.4 Å². The first-order valence-electron chi connectivity index (χ1n) is 7.97. The van der Waals surface area contributed by atoms with E-state index in [-0.39, 0.29) is 5.60 Å². The highest BCUT2D eigenvalue weighted by molar-refractivity contribution is 5.29. The van der Waals surface area contributed by atoms with Crippen LogP contribution >= 0.6 is 0 Å². The summed E-state index contributed by atoms with van der Waals surface area (Å²) in [5, 5.41) is 3.55. The molecule has 0 aromatic heterocycles. The first kappa shape index (κ1) is 15.5. The Bertz CT molecular complexity index is 418. The molecule has 2 nitrogen and oxygen atoms in total. The predicted octanol–water partition coefficient (Wildman–Crippen LogP) is 4.42. The van der Waals surface area contributed by atoms with E-state index >= 15 is 0 Å². The molecule has 1 aliphatic rings. The molecule has 0 amide bonds. The standard InChI is InChI=1S/C18H29NO/c1-5-19-17(13-20-18(2,3)4)16-11-7-10-15(12-16)14-8-6-9-14/h7,10-12,14,17,19H,5-6,8-9,13H2,1-4H3. The minimum Gasteiger partial charge on any atom is -0.374 e. The van der Waals surface area contributed by atoms with Gasteiger partial charge in [0.25, 0.3) is 0 Å². The lowest BCUT2D eigenvalue weighted by atomic mass is 9.79. The van der Waals surface area contributed by atoms with Gasteiger partial charge in [0.2, 0.25) is 0 Å². The summed E-state index contributed by atoms with van der Waals surface area (Å²) in [6, 6.07) is 9.37. The van der Waals surface area contributed by atoms with Gasteiger partial charge in [-0.15, -0.1) is 0 Å². The Morgan fingerprint density at radius 1 is 1.30 bits per heavy atom. The van der Waals surface area contributed by atoms with Crippen LogP contribution in [0.3, 0.4) is 0 Å². The maximum absolute atomic E-state index is 5.98. The first-order valence-corrected chi connectivity index (χ1v) is 7.97. The molecule has 1 aromatic carbocycles. The largest absolute Gasteiger partial charge is 0.374 e. The van der Waals surface area contributed by atoms with E-state index in [9.17, 15) is 0 Å². The minimum atomic E-state index is -0.0841. The second kappa shape index (κ2) is 6.73. The third-order valence-electron chi connectivity index (χ3n) is 4.02. The van der Waals surface area contributed by atoms with Gasteiger partial charge in [-0.2, -0.15) is 0 Å². The summed E-state index contributed by atoms with van der Waals surface area (Å²) in [7, 11) is 0. The molecule has 1 N–H and O–H groups in total. The minimum absolute atomic E-state index is 0.0841. The van der Waals surface area contributed by atoms with Crippen molar-refractivity contribution in [3.8, 4) is 0 Å². The Kier molecular flexibility index (Phi) is 5.22. The van der Waals surface area contributed by atoms with Gasteiger partial charge in [-0.05, 0) is 57.2 Å². The van der Waals surface area contributed by atoms with Crippen molar-refractivity contribution in [1.82, 2.24) is 5.32 Å². The maximum atomic E-state index is 5.98. The van der Waals surface area contributed by atoms with Crippen LogP contribution < -0.4 is 5.32 Å². The lowest BCUT2D eigenvalue weighted by molar-refractivity contribution is -0.0146. The number of nitrogens with one attached hydrogen (secondary N) is 1. The van der Waals surface area contributed by atoms with Crippen LogP contribution in [0.1, 0.15) is 70.0 Å². The molecule has 1 unspecified atom stereocenters. The molecule has 20 heavy (non-hydrogen) atoms. The van der Waals surface area contributed by atoms with E-state index in [2.05, 4.69) is 57.3 Å². The van der Waals surface area contributed by atoms with Crippen molar-refractivity contribution in [2.45, 2.75) is 64.5 Å². The average Bonchev–Trinajstić information content (AvgIpc) is 2.31. The Balaban J connectivity index is 2.07. The zero-order chi connectivity index (χ0) is 14.6. The summed E-state index contributed by atoms with van der Waals surface area (Å²) in [6.07, 6.45) is 4.10. The van der Waals surface area contributed by atoms with Crippen LogP contribution in [0, 0.1) is 0 Å². The molecule has 2 heteroatoms. The average molecular weight is 275 g/mol. The van der Waals surface area contributed by atoms with E-state index in [0.29, 0.717) is 6.04 Å². The van der Waals surface area contributed by atoms with Crippen molar-refractivity contribution < 1.29 is 4.74 Å². The fourth-order valence-corrected chi connectivity index (χ4v) is 2.62. The van der Waals surface area contributed by atoms with Crippen LogP contribution in [0.2, 0.25) is 0 Å². The molecule has 0 bridgehead atoms. The number of hydrogen-bond acceptors (Lipinski definition) is 2. The van der Waals surface area contributed by atoms with Gasteiger partial charge in [-0.3, -0.25) is 0 Å². The smallest absolute Gasteiger partial charge is 0.0668 e. The number of rotatable bonds is 6. The maximum Gasteiger partial charge on any atom is 0.0668 e. The molecule has 1 atom stereocenters. The lowest BCUT2D eigenvalue weighted by Gasteiger charge is -2.28. The summed E-state index contributed by atoms with van der Waals surface area (Å²) in [6.45, 7) is 10.2.